The summed E-state index contributed by atoms with van der Waals surface area (Å²) in [5.74, 6) is 2.22. The van der Waals surface area contributed by atoms with E-state index in [0.29, 0.717) is 0 Å². The predicted molar refractivity (Wildman–Crippen MR) is 19.5 cm³/mol. The van der Waals surface area contributed by atoms with Crippen molar-refractivity contribution in [2.75, 3.05) is 0 Å². The molecule has 0 fully saturated rings. The third kappa shape index (κ3) is 0.405. The molecule has 1 aromatic heterocycles. The van der Waals surface area contributed by atoms with Gasteiger partial charge < -0.3 is 0 Å². The van der Waals surface area contributed by atoms with Crippen LogP contribution in [0.1, 0.15) is 0 Å². The molecule has 0 bridgehead atoms. The fraction of sp³-hybridized carbons (Fsp3) is 0. The molecule has 0 unspecified atom stereocenters. The Morgan fingerprint density at radius 3 is 3.00 bits per heavy atom. The van der Waals surface area contributed by atoms with Crippen LogP contribution in [0.2, 0.25) is 0 Å². The first kappa shape index (κ1) is 3.40. The van der Waals surface area contributed by atoms with E-state index in [1.807, 2.05) is 0 Å². The van der Waals surface area contributed by atoms with Crippen LogP contribution in [-0.2, 0) is 0 Å². The topological polar surface area (TPSA) is 46.0 Å². The van der Waals surface area contributed by atoms with Crippen molar-refractivity contribution in [3.63, 3.8) is 0 Å². The first-order valence-corrected chi connectivity index (χ1v) is 1.44. The van der Waals surface area contributed by atoms with Crippen molar-refractivity contribution < 1.29 is 4.52 Å². The molecule has 0 aliphatic heterocycles. The SMILES string of the molecule is O=c1[c-]b[nH]o1. The molecule has 1 heterocycles. The van der Waals surface area contributed by atoms with E-state index >= 15 is 0 Å². The van der Waals surface area contributed by atoms with Crippen molar-refractivity contribution in [2.24, 2.45) is 0 Å². The van der Waals surface area contributed by atoms with Gasteiger partial charge in [-0.1, -0.05) is 0 Å². The Balaban J connectivity index is 3.41. The van der Waals surface area contributed by atoms with E-state index in [9.17, 15) is 4.79 Å². The van der Waals surface area contributed by atoms with E-state index in [4.69, 9.17) is 0 Å². The fourth-order valence-electron chi connectivity index (χ4n) is 0.201. The van der Waals surface area contributed by atoms with E-state index in [2.05, 4.69) is 15.5 Å². The molecule has 0 saturated carbocycles. The predicted octanol–water partition coefficient (Wildman–Crippen LogP) is -0.894. The maximum atomic E-state index is 9.82. The molecule has 0 aliphatic carbocycles. The average Bonchev–Trinajstić information content (AvgIpc) is 1.86. The Morgan fingerprint density at radius 2 is 2.83 bits per heavy atom. The van der Waals surface area contributed by atoms with Crippen LogP contribution in [0.25, 0.3) is 0 Å². The van der Waals surface area contributed by atoms with Crippen LogP contribution >= 0.6 is 0 Å². The van der Waals surface area contributed by atoms with Gasteiger partial charge in [-0.05, 0) is 0 Å². The molecule has 0 radical (unpaired) electrons. The second-order valence-electron chi connectivity index (χ2n) is 0.796. The molecule has 0 aliphatic rings. The second kappa shape index (κ2) is 1.12. The van der Waals surface area contributed by atoms with Gasteiger partial charge in [0.1, 0.15) is 0 Å². The van der Waals surface area contributed by atoms with Gasteiger partial charge in [0.2, 0.25) is 0 Å². The summed E-state index contributed by atoms with van der Waals surface area (Å²) in [6, 6.07) is 0. The standard InChI is InChI=1S/C2HBNO2/c5-2-1-3-4-6-2/h4H/q-1. The summed E-state index contributed by atoms with van der Waals surface area (Å²) in [5, 5.41) is 2.19. The fourth-order valence-corrected chi connectivity index (χ4v) is 0.201. The van der Waals surface area contributed by atoms with E-state index < -0.39 is 5.63 Å². The molecule has 1 aromatic rings. The summed E-state index contributed by atoms with van der Waals surface area (Å²) in [6.07, 6.45) is 0. The number of aromatic nitrogens is 1. The molecule has 0 amide bonds. The van der Waals surface area contributed by atoms with Crippen molar-refractivity contribution >= 4 is 7.05 Å². The van der Waals surface area contributed by atoms with Gasteiger partial charge in [0.05, 0.1) is 0 Å². The number of nitrogens with one attached hydrogen (secondary N) is 1. The molecule has 0 aromatic carbocycles. The molecular formula is C2HBNO2-. The van der Waals surface area contributed by atoms with Crippen molar-refractivity contribution in [1.82, 2.24) is 5.06 Å². The first-order chi connectivity index (χ1) is 2.89. The van der Waals surface area contributed by atoms with Gasteiger partial charge in [0.25, 0.3) is 0 Å². The molecule has 1 N–H and O–H groups in total. The summed E-state index contributed by atoms with van der Waals surface area (Å²) >= 11 is 0. The van der Waals surface area contributed by atoms with Crippen molar-refractivity contribution in [2.45, 2.75) is 0 Å². The number of hydrogen-bond acceptors (Lipinski definition) is 2. The molecule has 4 heteroatoms. The normalized spacial score (nSPS) is 8.00. The maximum absolute atomic E-state index is 9.82. The molecule has 6 heavy (non-hydrogen) atoms. The van der Waals surface area contributed by atoms with E-state index in [-0.39, 0.29) is 0 Å². The van der Waals surface area contributed by atoms with Crippen molar-refractivity contribution in [1.29, 1.82) is 0 Å². The van der Waals surface area contributed by atoms with Crippen LogP contribution in [0.5, 0.6) is 0 Å². The average molecular weight is 81.8 g/mol. The van der Waals surface area contributed by atoms with Crippen LogP contribution < -0.4 is 5.63 Å². The summed E-state index contributed by atoms with van der Waals surface area (Å²) in [5.41, 5.74) is -0.463. The van der Waals surface area contributed by atoms with Crippen LogP contribution in [-0.4, -0.2) is 12.1 Å². The molecular weight excluding hydrogens is 80.8 g/mol. The Labute approximate surface area is 34.2 Å². The zero-order valence-electron chi connectivity index (χ0n) is 2.89. The third-order valence-electron chi connectivity index (χ3n) is 0.401. The minimum absolute atomic E-state index is 0.463. The molecule has 0 spiro atoms. The quantitative estimate of drug-likeness (QED) is 0.412. The summed E-state index contributed by atoms with van der Waals surface area (Å²) < 4.78 is 4.10. The van der Waals surface area contributed by atoms with E-state index in [1.54, 1.807) is 0 Å². The third-order valence-corrected chi connectivity index (χ3v) is 0.401. The zero-order valence-corrected chi connectivity index (χ0v) is 2.89. The minimum atomic E-state index is -0.463. The number of rotatable bonds is 0. The van der Waals surface area contributed by atoms with Gasteiger partial charge in [-0.2, -0.15) is 0 Å². The van der Waals surface area contributed by atoms with E-state index in [0.717, 1.165) is 0 Å². The Morgan fingerprint density at radius 1 is 2.00 bits per heavy atom. The summed E-state index contributed by atoms with van der Waals surface area (Å²) in [7, 11) is 1.31. The van der Waals surface area contributed by atoms with Gasteiger partial charge in [-0.15, -0.1) is 0 Å². The zero-order chi connectivity index (χ0) is 4.41. The molecule has 1 rings (SSSR count). The Kier molecular flexibility index (Phi) is 0.635. The van der Waals surface area contributed by atoms with Crippen molar-refractivity contribution in [3.05, 3.63) is 16.4 Å². The number of hydrogen-bond donors (Lipinski definition) is 1. The number of H-pyrrole nitrogens is 1. The van der Waals surface area contributed by atoms with E-state index in [1.165, 1.54) is 7.05 Å². The van der Waals surface area contributed by atoms with Gasteiger partial charge in [-0.25, -0.2) is 0 Å². The molecule has 3 nitrogen and oxygen atoms in total. The Hall–Kier alpha value is -0.795. The second-order valence-corrected chi connectivity index (χ2v) is 0.796. The molecule has 30 valence electrons. The van der Waals surface area contributed by atoms with Crippen LogP contribution in [0.15, 0.2) is 9.32 Å². The van der Waals surface area contributed by atoms with Gasteiger partial charge >= 0.3 is 33.0 Å². The monoisotopic (exact) mass is 82.0 g/mol. The van der Waals surface area contributed by atoms with Gasteiger partial charge in [-0.3, -0.25) is 0 Å². The molecule has 0 saturated heterocycles. The van der Waals surface area contributed by atoms with Crippen LogP contribution in [0, 0.1) is 5.96 Å². The van der Waals surface area contributed by atoms with Gasteiger partial charge in [0, 0.05) is 0 Å². The van der Waals surface area contributed by atoms with Crippen LogP contribution in [0.3, 0.4) is 0 Å². The first-order valence-electron chi connectivity index (χ1n) is 1.44. The van der Waals surface area contributed by atoms with Crippen molar-refractivity contribution in [3.8, 4) is 0 Å². The molecule has 0 atom stereocenters. The summed E-state index contributed by atoms with van der Waals surface area (Å²) in [4.78, 5) is 9.82. The Bertz CT molecular complexity index is 149. The van der Waals surface area contributed by atoms with Crippen LogP contribution in [0.4, 0.5) is 0 Å². The summed E-state index contributed by atoms with van der Waals surface area (Å²) in [6.45, 7) is 0. The number of aromatic amines is 1. The van der Waals surface area contributed by atoms with Gasteiger partial charge in [0.15, 0.2) is 0 Å².